The van der Waals surface area contributed by atoms with Crippen molar-refractivity contribution in [1.29, 1.82) is 0 Å². The lowest BCUT2D eigenvalue weighted by atomic mass is 10.2. The first kappa shape index (κ1) is 7.80. The maximum atomic E-state index is 3.67. The smallest absolute Gasteiger partial charge is 0.0134 e. The molecular weight excluding hydrogens is 122 g/mol. The quantitative estimate of drug-likeness (QED) is 0.574. The van der Waals surface area contributed by atoms with Crippen LogP contribution in [0.1, 0.15) is 26.2 Å². The zero-order valence-corrected chi connectivity index (χ0v) is 6.77. The number of hydrogen-bond acceptors (Lipinski definition) is 1. The van der Waals surface area contributed by atoms with Crippen LogP contribution < -0.4 is 5.32 Å². The van der Waals surface area contributed by atoms with Gasteiger partial charge in [-0.2, -0.15) is 0 Å². The highest BCUT2D eigenvalue weighted by atomic mass is 15.0. The van der Waals surface area contributed by atoms with Gasteiger partial charge in [0.25, 0.3) is 0 Å². The zero-order chi connectivity index (χ0) is 7.40. The molecule has 0 aliphatic heterocycles. The average molecular weight is 139 g/mol. The molecule has 1 fully saturated rings. The molecule has 0 bridgehead atoms. The van der Waals surface area contributed by atoms with Gasteiger partial charge in [0.2, 0.25) is 0 Å². The normalized spacial score (nSPS) is 30.1. The lowest BCUT2D eigenvalue weighted by Crippen LogP contribution is -2.17. The van der Waals surface area contributed by atoms with Crippen molar-refractivity contribution < 1.29 is 0 Å². The lowest BCUT2D eigenvalue weighted by molar-refractivity contribution is 0.626. The van der Waals surface area contributed by atoms with Crippen LogP contribution in [0.5, 0.6) is 0 Å². The molecule has 2 unspecified atom stereocenters. The minimum atomic E-state index is 0.818. The van der Waals surface area contributed by atoms with Gasteiger partial charge < -0.3 is 5.32 Å². The minimum Gasteiger partial charge on any atom is -0.310 e. The van der Waals surface area contributed by atoms with Crippen molar-refractivity contribution in [2.24, 2.45) is 5.92 Å². The van der Waals surface area contributed by atoms with Crippen LogP contribution in [0.15, 0.2) is 12.7 Å². The molecule has 0 aromatic carbocycles. The largest absolute Gasteiger partial charge is 0.310 e. The van der Waals surface area contributed by atoms with E-state index < -0.39 is 0 Å². The van der Waals surface area contributed by atoms with E-state index in [1.54, 1.807) is 0 Å². The summed E-state index contributed by atoms with van der Waals surface area (Å²) >= 11 is 0. The summed E-state index contributed by atoms with van der Waals surface area (Å²) in [4.78, 5) is 0. The van der Waals surface area contributed by atoms with E-state index in [9.17, 15) is 0 Å². The van der Waals surface area contributed by atoms with Crippen LogP contribution in [0, 0.1) is 5.92 Å². The van der Waals surface area contributed by atoms with E-state index in [1.165, 1.54) is 19.3 Å². The Kier molecular flexibility index (Phi) is 2.94. The van der Waals surface area contributed by atoms with Crippen molar-refractivity contribution in [1.82, 2.24) is 5.32 Å². The number of hydrogen-bond donors (Lipinski definition) is 1. The summed E-state index contributed by atoms with van der Waals surface area (Å²) in [5.41, 5.74) is 0. The first-order chi connectivity index (χ1) is 4.88. The zero-order valence-electron chi connectivity index (χ0n) is 6.77. The minimum absolute atomic E-state index is 0.818. The molecule has 1 heteroatoms. The second-order valence-corrected chi connectivity index (χ2v) is 3.09. The van der Waals surface area contributed by atoms with Gasteiger partial charge in [0.1, 0.15) is 0 Å². The number of rotatable bonds is 5. The Labute approximate surface area is 63.5 Å². The molecule has 1 N–H and O–H groups in total. The monoisotopic (exact) mass is 139 g/mol. The van der Waals surface area contributed by atoms with Gasteiger partial charge in [-0.05, 0) is 18.8 Å². The van der Waals surface area contributed by atoms with Crippen LogP contribution in [0.2, 0.25) is 0 Å². The third-order valence-corrected chi connectivity index (χ3v) is 2.11. The van der Waals surface area contributed by atoms with E-state index in [-0.39, 0.29) is 0 Å². The van der Waals surface area contributed by atoms with Crippen molar-refractivity contribution in [2.45, 2.75) is 32.2 Å². The van der Waals surface area contributed by atoms with Crippen LogP contribution in [0.4, 0.5) is 0 Å². The molecule has 0 spiro atoms. The molecule has 58 valence electrons. The number of nitrogens with one attached hydrogen (secondary N) is 1. The lowest BCUT2D eigenvalue weighted by Gasteiger charge is -1.97. The summed E-state index contributed by atoms with van der Waals surface area (Å²) < 4.78 is 0. The Bertz CT molecular complexity index is 109. The Balaban J connectivity index is 1.96. The fraction of sp³-hybridized carbons (Fsp3) is 0.778. The van der Waals surface area contributed by atoms with Crippen LogP contribution in [0.3, 0.4) is 0 Å². The van der Waals surface area contributed by atoms with Gasteiger partial charge in [0.05, 0.1) is 0 Å². The molecule has 1 aliphatic carbocycles. The van der Waals surface area contributed by atoms with Crippen molar-refractivity contribution in [2.75, 3.05) is 6.54 Å². The van der Waals surface area contributed by atoms with Gasteiger partial charge in [0.15, 0.2) is 0 Å². The molecule has 0 radical (unpaired) electrons. The highest BCUT2D eigenvalue weighted by Gasteiger charge is 2.34. The summed E-state index contributed by atoms with van der Waals surface area (Å²) in [5.74, 6) is 0.977. The fourth-order valence-corrected chi connectivity index (χ4v) is 1.42. The highest BCUT2D eigenvalue weighted by molar-refractivity contribution is 4.93. The van der Waals surface area contributed by atoms with Gasteiger partial charge in [-0.3, -0.25) is 0 Å². The maximum Gasteiger partial charge on any atom is 0.0134 e. The molecule has 0 heterocycles. The summed E-state index contributed by atoms with van der Waals surface area (Å²) in [5, 5.41) is 3.42. The summed E-state index contributed by atoms with van der Waals surface area (Å²) in [6.07, 6.45) is 6.05. The Morgan fingerprint density at radius 3 is 3.10 bits per heavy atom. The van der Waals surface area contributed by atoms with Crippen LogP contribution in [-0.4, -0.2) is 12.6 Å². The van der Waals surface area contributed by atoms with Gasteiger partial charge in [-0.1, -0.05) is 19.4 Å². The standard InChI is InChI=1S/C9H17N/c1-3-5-8-7-9(8)10-6-4-2/h4,8-10H,2-3,5-7H2,1H3. The molecule has 0 aromatic heterocycles. The molecule has 1 saturated carbocycles. The van der Waals surface area contributed by atoms with Gasteiger partial charge >= 0.3 is 0 Å². The summed E-state index contributed by atoms with van der Waals surface area (Å²) in [7, 11) is 0. The predicted octanol–water partition coefficient (Wildman–Crippen LogP) is 1.95. The predicted molar refractivity (Wildman–Crippen MR) is 45.0 cm³/mol. The molecule has 0 saturated heterocycles. The Morgan fingerprint density at radius 1 is 1.70 bits per heavy atom. The Hall–Kier alpha value is -0.300. The van der Waals surface area contributed by atoms with Crippen molar-refractivity contribution >= 4 is 0 Å². The molecule has 1 rings (SSSR count). The second kappa shape index (κ2) is 3.77. The molecule has 1 nitrogen and oxygen atoms in total. The molecular formula is C9H17N. The van der Waals surface area contributed by atoms with E-state index in [2.05, 4.69) is 18.8 Å². The Morgan fingerprint density at radius 2 is 2.50 bits per heavy atom. The molecule has 1 aliphatic rings. The van der Waals surface area contributed by atoms with Crippen LogP contribution in [0.25, 0.3) is 0 Å². The van der Waals surface area contributed by atoms with E-state index in [4.69, 9.17) is 0 Å². The maximum absolute atomic E-state index is 3.67. The third kappa shape index (κ3) is 2.14. The van der Waals surface area contributed by atoms with Crippen LogP contribution in [-0.2, 0) is 0 Å². The first-order valence-electron chi connectivity index (χ1n) is 4.22. The first-order valence-corrected chi connectivity index (χ1v) is 4.22. The highest BCUT2D eigenvalue weighted by Crippen LogP contribution is 2.34. The van der Waals surface area contributed by atoms with Gasteiger partial charge in [0, 0.05) is 12.6 Å². The van der Waals surface area contributed by atoms with Crippen LogP contribution >= 0.6 is 0 Å². The molecule has 2 atom stereocenters. The topological polar surface area (TPSA) is 12.0 Å². The average Bonchev–Trinajstić information content (AvgIpc) is 2.65. The second-order valence-electron chi connectivity index (χ2n) is 3.09. The molecule has 0 amide bonds. The summed E-state index contributed by atoms with van der Waals surface area (Å²) in [6, 6.07) is 0.818. The van der Waals surface area contributed by atoms with E-state index >= 15 is 0 Å². The molecule has 10 heavy (non-hydrogen) atoms. The van der Waals surface area contributed by atoms with E-state index in [0.717, 1.165) is 18.5 Å². The van der Waals surface area contributed by atoms with Crippen molar-refractivity contribution in [3.8, 4) is 0 Å². The fourth-order valence-electron chi connectivity index (χ4n) is 1.42. The molecule has 0 aromatic rings. The van der Waals surface area contributed by atoms with Crippen molar-refractivity contribution in [3.05, 3.63) is 12.7 Å². The summed E-state index contributed by atoms with van der Waals surface area (Å²) in [6.45, 7) is 6.90. The SMILES string of the molecule is C=CCNC1CC1CCC. The third-order valence-electron chi connectivity index (χ3n) is 2.11. The van der Waals surface area contributed by atoms with E-state index in [0.29, 0.717) is 0 Å². The van der Waals surface area contributed by atoms with Crippen molar-refractivity contribution in [3.63, 3.8) is 0 Å². The van der Waals surface area contributed by atoms with Gasteiger partial charge in [-0.15, -0.1) is 6.58 Å². The van der Waals surface area contributed by atoms with E-state index in [1.807, 2.05) is 6.08 Å². The van der Waals surface area contributed by atoms with Gasteiger partial charge in [-0.25, -0.2) is 0 Å².